The molecule has 1 atom stereocenters. The molecule has 3 amide bonds. The van der Waals surface area contributed by atoms with E-state index in [4.69, 9.17) is 9.79 Å². The Kier molecular flexibility index (Phi) is 17.9. The van der Waals surface area contributed by atoms with Crippen molar-refractivity contribution in [3.05, 3.63) is 0 Å². The number of hydrogen-bond acceptors (Lipinski definition) is 6. The van der Waals surface area contributed by atoms with Crippen molar-refractivity contribution in [3.8, 4) is 0 Å². The van der Waals surface area contributed by atoms with Gasteiger partial charge in [0, 0.05) is 37.9 Å². The second-order valence-electron chi connectivity index (χ2n) is 9.47. The Labute approximate surface area is 209 Å². The van der Waals surface area contributed by atoms with Crippen LogP contribution in [0.3, 0.4) is 0 Å². The van der Waals surface area contributed by atoms with E-state index in [0.717, 1.165) is 19.3 Å². The summed E-state index contributed by atoms with van der Waals surface area (Å²) in [5, 5.41) is 17.9. The van der Waals surface area contributed by atoms with E-state index in [1.165, 1.54) is 52.4 Å². The summed E-state index contributed by atoms with van der Waals surface area (Å²) in [5.41, 5.74) is -1.25. The van der Waals surface area contributed by atoms with Crippen molar-refractivity contribution in [2.45, 2.75) is 97.5 Å². The minimum absolute atomic E-state index is 0.0236. The van der Waals surface area contributed by atoms with E-state index >= 15 is 0 Å². The first-order valence-corrected chi connectivity index (χ1v) is 14.1. The van der Waals surface area contributed by atoms with Crippen molar-refractivity contribution in [2.75, 3.05) is 26.2 Å². The third-order valence-electron chi connectivity index (χ3n) is 5.52. The number of phosphoric ester groups is 1. The van der Waals surface area contributed by atoms with Gasteiger partial charge >= 0.3 is 7.82 Å². The highest BCUT2D eigenvalue weighted by Gasteiger charge is 2.35. The Morgan fingerprint density at radius 2 is 1.29 bits per heavy atom. The van der Waals surface area contributed by atoms with Crippen molar-refractivity contribution in [1.82, 2.24) is 16.0 Å². The van der Waals surface area contributed by atoms with E-state index in [2.05, 4.69) is 27.4 Å². The molecule has 0 radical (unpaired) electrons. The maximum atomic E-state index is 12.0. The first-order chi connectivity index (χ1) is 16.4. The van der Waals surface area contributed by atoms with Crippen LogP contribution in [0.15, 0.2) is 0 Å². The number of aliphatic hydroxyl groups is 1. The summed E-state index contributed by atoms with van der Waals surface area (Å²) in [6.07, 6.45) is 9.59. The monoisotopic (exact) mass is 523 g/mol. The Bertz CT molecular complexity index is 669. The van der Waals surface area contributed by atoms with Crippen LogP contribution in [0.1, 0.15) is 91.4 Å². The molecule has 0 saturated heterocycles. The summed E-state index contributed by atoms with van der Waals surface area (Å²) in [6.45, 7) is 5.08. The fourth-order valence-corrected chi connectivity index (χ4v) is 3.76. The number of rotatable bonds is 21. The lowest BCUT2D eigenvalue weighted by molar-refractivity contribution is -0.137. The van der Waals surface area contributed by atoms with Crippen molar-refractivity contribution in [2.24, 2.45) is 5.41 Å². The fraction of sp³-hybridized carbons (Fsp3) is 0.870. The molecule has 11 nitrogen and oxygen atoms in total. The molecule has 0 aromatic heterocycles. The third-order valence-corrected chi connectivity index (χ3v) is 5.99. The molecule has 12 heteroatoms. The molecule has 0 aliphatic rings. The second-order valence-corrected chi connectivity index (χ2v) is 10.7. The number of amides is 3. The molecule has 0 aliphatic carbocycles. The number of hydrogen-bond donors (Lipinski definition) is 6. The normalized spacial score (nSPS) is 12.7. The average molecular weight is 524 g/mol. The van der Waals surface area contributed by atoms with Gasteiger partial charge in [-0.05, 0) is 6.42 Å². The fourth-order valence-electron chi connectivity index (χ4n) is 3.26. The third kappa shape index (κ3) is 19.4. The number of aliphatic hydroxyl groups excluding tert-OH is 1. The first-order valence-electron chi connectivity index (χ1n) is 12.6. The van der Waals surface area contributed by atoms with E-state index in [9.17, 15) is 24.1 Å². The predicted octanol–water partition coefficient (Wildman–Crippen LogP) is 2.14. The van der Waals surface area contributed by atoms with Gasteiger partial charge < -0.3 is 30.8 Å². The number of nitrogens with one attached hydrogen (secondary N) is 3. The van der Waals surface area contributed by atoms with Crippen LogP contribution in [0.2, 0.25) is 0 Å². The lowest BCUT2D eigenvalue weighted by Gasteiger charge is -2.29. The molecular weight excluding hydrogens is 477 g/mol. The molecule has 0 aromatic carbocycles. The molecule has 206 valence electrons. The largest absolute Gasteiger partial charge is 0.469 e. The zero-order valence-electron chi connectivity index (χ0n) is 21.5. The number of unbranched alkanes of at least 4 members (excludes halogenated alkanes) is 8. The Hall–Kier alpha value is -1.52. The molecule has 0 saturated carbocycles. The minimum atomic E-state index is -4.72. The van der Waals surface area contributed by atoms with Crippen LogP contribution in [-0.2, 0) is 23.5 Å². The summed E-state index contributed by atoms with van der Waals surface area (Å²) in [5.74, 6) is -1.13. The molecule has 6 N–H and O–H groups in total. The molecule has 0 aromatic rings. The number of carbonyl (C=O) groups is 3. The van der Waals surface area contributed by atoms with Gasteiger partial charge in [-0.2, -0.15) is 0 Å². The standard InChI is InChI=1S/C23H46N3O8P/c1-4-5-6-7-8-9-10-11-12-13-19(27)24-16-17-25-20(28)14-15-26-22(30)21(29)23(2,3)18-34-35(31,32)33/h21,29H,4-18H2,1-3H3,(H,24,27)(H,25,28)(H,26,30)(H2,31,32,33)/t21-/m0/s1. The zero-order chi connectivity index (χ0) is 26.7. The maximum absolute atomic E-state index is 12.0. The van der Waals surface area contributed by atoms with Gasteiger partial charge in [-0.15, -0.1) is 0 Å². The quantitative estimate of drug-likeness (QED) is 0.0980. The molecular formula is C23H46N3O8P. The summed E-state index contributed by atoms with van der Waals surface area (Å²) >= 11 is 0. The van der Waals surface area contributed by atoms with Crippen molar-refractivity contribution < 1.29 is 38.4 Å². The Morgan fingerprint density at radius 3 is 1.80 bits per heavy atom. The lowest BCUT2D eigenvalue weighted by Crippen LogP contribution is -2.46. The van der Waals surface area contributed by atoms with Gasteiger partial charge in [0.25, 0.3) is 0 Å². The lowest BCUT2D eigenvalue weighted by atomic mass is 9.87. The summed E-state index contributed by atoms with van der Waals surface area (Å²) in [4.78, 5) is 53.3. The smallest absolute Gasteiger partial charge is 0.383 e. The van der Waals surface area contributed by atoms with Gasteiger partial charge in [0.1, 0.15) is 6.10 Å². The van der Waals surface area contributed by atoms with Crippen LogP contribution in [0.4, 0.5) is 0 Å². The Morgan fingerprint density at radius 1 is 0.800 bits per heavy atom. The van der Waals surface area contributed by atoms with Crippen LogP contribution in [-0.4, -0.2) is 65.0 Å². The van der Waals surface area contributed by atoms with E-state index in [1.54, 1.807) is 0 Å². The molecule has 0 unspecified atom stereocenters. The van der Waals surface area contributed by atoms with E-state index in [0.29, 0.717) is 13.0 Å². The van der Waals surface area contributed by atoms with Gasteiger partial charge in [-0.1, -0.05) is 72.1 Å². The summed E-state index contributed by atoms with van der Waals surface area (Å²) in [7, 11) is -4.72. The first kappa shape index (κ1) is 33.5. The Balaban J connectivity index is 3.81. The molecule has 0 fully saturated rings. The molecule has 0 heterocycles. The topological polar surface area (TPSA) is 174 Å². The van der Waals surface area contributed by atoms with E-state index in [-0.39, 0.29) is 31.3 Å². The molecule has 0 bridgehead atoms. The molecule has 0 spiro atoms. The van der Waals surface area contributed by atoms with E-state index < -0.39 is 31.9 Å². The molecule has 0 rings (SSSR count). The van der Waals surface area contributed by atoms with Gasteiger partial charge in [0.05, 0.1) is 6.61 Å². The molecule has 0 aliphatic heterocycles. The van der Waals surface area contributed by atoms with Crippen LogP contribution >= 0.6 is 7.82 Å². The maximum Gasteiger partial charge on any atom is 0.469 e. The average Bonchev–Trinajstić information content (AvgIpc) is 2.78. The van der Waals surface area contributed by atoms with Crippen molar-refractivity contribution >= 4 is 25.5 Å². The summed E-state index contributed by atoms with van der Waals surface area (Å²) in [6, 6.07) is 0. The van der Waals surface area contributed by atoms with Crippen LogP contribution in [0.25, 0.3) is 0 Å². The number of carbonyl (C=O) groups excluding carboxylic acids is 3. The highest BCUT2D eigenvalue weighted by atomic mass is 31.2. The van der Waals surface area contributed by atoms with Crippen LogP contribution < -0.4 is 16.0 Å². The molecule has 35 heavy (non-hydrogen) atoms. The van der Waals surface area contributed by atoms with Gasteiger partial charge in [0.2, 0.25) is 17.7 Å². The minimum Gasteiger partial charge on any atom is -0.383 e. The highest BCUT2D eigenvalue weighted by molar-refractivity contribution is 7.46. The summed E-state index contributed by atoms with van der Waals surface area (Å²) < 4.78 is 15.2. The van der Waals surface area contributed by atoms with Crippen LogP contribution in [0, 0.1) is 5.41 Å². The SMILES string of the molecule is CCCCCCCCCCCC(=O)NCCNC(=O)CCNC(=O)[C@H](O)C(C)(C)COP(=O)(O)O. The van der Waals surface area contributed by atoms with Gasteiger partial charge in [-0.3, -0.25) is 18.9 Å². The van der Waals surface area contributed by atoms with Gasteiger partial charge in [-0.25, -0.2) is 4.57 Å². The zero-order valence-corrected chi connectivity index (χ0v) is 22.4. The van der Waals surface area contributed by atoms with Crippen molar-refractivity contribution in [1.29, 1.82) is 0 Å². The van der Waals surface area contributed by atoms with Gasteiger partial charge in [0.15, 0.2) is 0 Å². The predicted molar refractivity (Wildman–Crippen MR) is 133 cm³/mol. The second kappa shape index (κ2) is 18.7. The van der Waals surface area contributed by atoms with Crippen molar-refractivity contribution in [3.63, 3.8) is 0 Å². The van der Waals surface area contributed by atoms with Crippen LogP contribution in [0.5, 0.6) is 0 Å². The number of phosphoric acid groups is 1. The highest BCUT2D eigenvalue weighted by Crippen LogP contribution is 2.38. The van der Waals surface area contributed by atoms with E-state index in [1.807, 2.05) is 0 Å².